The third-order valence-electron chi connectivity index (χ3n) is 16.2. The zero-order valence-electron chi connectivity index (χ0n) is 50.7. The van der Waals surface area contributed by atoms with Gasteiger partial charge in [0.1, 0.15) is 25.5 Å². The van der Waals surface area contributed by atoms with E-state index in [9.17, 15) is 29.1 Å². The molecule has 15 heteroatoms. The van der Waals surface area contributed by atoms with Crippen molar-refractivity contribution < 1.29 is 75.5 Å². The van der Waals surface area contributed by atoms with E-state index in [2.05, 4.69) is 6.07 Å². The van der Waals surface area contributed by atoms with Gasteiger partial charge in [-0.25, -0.2) is 0 Å². The lowest BCUT2D eigenvalue weighted by Crippen LogP contribution is -3.00. The molecule has 13 rings (SSSR count). The van der Waals surface area contributed by atoms with Crippen LogP contribution in [-0.4, -0.2) is 139 Å². The van der Waals surface area contributed by atoms with Crippen LogP contribution in [0.15, 0.2) is 187 Å². The molecule has 0 atom stereocenters. The van der Waals surface area contributed by atoms with Gasteiger partial charge in [-0.3, -0.25) is 24.0 Å². The van der Waals surface area contributed by atoms with Crippen molar-refractivity contribution in [3.63, 3.8) is 0 Å². The quantitative estimate of drug-likeness (QED) is 0.0471. The maximum atomic E-state index is 12.9. The van der Waals surface area contributed by atoms with Gasteiger partial charge in [-0.1, -0.05) is 152 Å². The number of rotatable bonds is 18. The Morgan fingerprint density at radius 2 is 0.967 bits per heavy atom. The summed E-state index contributed by atoms with van der Waals surface area (Å²) < 4.78 is 17.4. The number of benzene rings is 9. The number of quaternary nitrogens is 1. The largest absolute Gasteiger partial charge is 1.00 e. The molecule has 0 aliphatic heterocycles. The van der Waals surface area contributed by atoms with Gasteiger partial charge in [-0.2, -0.15) is 0 Å². The lowest BCUT2D eigenvalue weighted by atomic mass is 9.87. The van der Waals surface area contributed by atoms with Crippen molar-refractivity contribution in [1.29, 1.82) is 0 Å². The van der Waals surface area contributed by atoms with Crippen LogP contribution < -0.4 is 21.9 Å². The molecular formula is C75H71ClN2O12. The number of nitrogens with zero attached hydrogens (tertiary/aromatic N) is 2. The summed E-state index contributed by atoms with van der Waals surface area (Å²) in [6, 6.07) is 52.4. The molecular weight excluding hydrogens is 1160 g/mol. The van der Waals surface area contributed by atoms with E-state index in [4.69, 9.17) is 29.5 Å². The third kappa shape index (κ3) is 14.2. The average molecular weight is 1230 g/mol. The smallest absolute Gasteiger partial charge is 0.219 e. The normalized spacial score (nSPS) is 13.3. The van der Waals surface area contributed by atoms with E-state index >= 15 is 0 Å². The topological polar surface area (TPSA) is 197 Å². The first-order valence-corrected chi connectivity index (χ1v) is 29.7. The molecule has 0 spiro atoms. The van der Waals surface area contributed by atoms with Crippen molar-refractivity contribution in [3.05, 3.63) is 237 Å². The molecule has 9 aromatic rings. The lowest BCUT2D eigenvalue weighted by molar-refractivity contribution is -0.885. The number of ketones is 4. The monoisotopic (exact) mass is 1230 g/mol. The van der Waals surface area contributed by atoms with E-state index in [-0.39, 0.29) is 81.0 Å². The second kappa shape index (κ2) is 29.3. The average Bonchev–Trinajstić information content (AvgIpc) is 0.837. The first-order valence-electron chi connectivity index (χ1n) is 29.7. The van der Waals surface area contributed by atoms with Crippen molar-refractivity contribution in [3.8, 4) is 11.5 Å². The molecule has 460 valence electrons. The van der Waals surface area contributed by atoms with Gasteiger partial charge in [0.25, 0.3) is 0 Å². The van der Waals surface area contributed by atoms with Crippen molar-refractivity contribution in [1.82, 2.24) is 4.90 Å². The molecule has 14 nitrogen and oxygen atoms in total. The van der Waals surface area contributed by atoms with Crippen LogP contribution in [0, 0.1) is 0 Å². The molecule has 0 fully saturated rings. The van der Waals surface area contributed by atoms with Crippen LogP contribution in [0.25, 0.3) is 67.1 Å². The Morgan fingerprint density at radius 1 is 0.500 bits per heavy atom. The van der Waals surface area contributed by atoms with E-state index in [1.54, 1.807) is 30.2 Å². The molecule has 4 aliphatic rings. The molecule has 0 heterocycles. The molecule has 0 aromatic heterocycles. The fourth-order valence-corrected chi connectivity index (χ4v) is 11.8. The minimum atomic E-state index is -0.0933. The number of ether oxygens (including phenoxy) is 3. The molecule has 4 N–H and O–H groups in total. The molecule has 0 saturated carbocycles. The molecule has 0 saturated heterocycles. The number of carbonyl (C=O) groups is 5. The number of likely N-dealkylation sites (N-methyl/N-ethyl adjacent to an activating group) is 1. The van der Waals surface area contributed by atoms with E-state index < -0.39 is 0 Å². The van der Waals surface area contributed by atoms with Crippen molar-refractivity contribution in [2.45, 2.75) is 26.4 Å². The van der Waals surface area contributed by atoms with Crippen LogP contribution in [0.2, 0.25) is 0 Å². The maximum absolute atomic E-state index is 12.9. The highest BCUT2D eigenvalue weighted by Crippen LogP contribution is 2.37. The standard InChI is InChI=1S/C22H18O4.C19H19NO3.C18H20NO2.C16H14O3.ClH/c1-25-20-10-14(12-23)8-9-19(20)26-13-17-11-16-6-2-4-15-5-3-7-18(21(15)16)22(17)24;1-13(22)20(9-4-10-21)12-16-11-15-7-2-5-14-6-3-8-17(18(14)15)19(16)23;1-19(2,9-10-20)12-15-11-14-7-3-5-13-6-4-8-16(17(13)14)18(15)21;17-8-3-9-19-15-10-14(18)12-6-1-4-11-5-2-7-13(15)16(11)12;/h2-11,23H,12-13H2,1H3;2-3,5-8,11,21H,4,9-10,12H2,1H3;3-8,11,20H,9-10,12H2,1-2H3;1-2,4-7,10,17H,3,8-9H2;1H/q;;+1;;/p-1. The molecule has 0 unspecified atom stereocenters. The van der Waals surface area contributed by atoms with Gasteiger partial charge in [-0.15, -0.1) is 0 Å². The van der Waals surface area contributed by atoms with Gasteiger partial charge in [0, 0.05) is 106 Å². The number of hydrogen-bond acceptors (Lipinski definition) is 12. The Labute approximate surface area is 528 Å². The number of methoxy groups -OCH3 is 1. The summed E-state index contributed by atoms with van der Waals surface area (Å²) in [7, 11) is 5.61. The van der Waals surface area contributed by atoms with Crippen LogP contribution in [-0.2, 0) is 16.1 Å². The number of aliphatic hydroxyl groups excluding tert-OH is 4. The van der Waals surface area contributed by atoms with Gasteiger partial charge in [0.05, 0.1) is 46.6 Å². The van der Waals surface area contributed by atoms with Gasteiger partial charge in [-0.05, 0) is 80.6 Å². The van der Waals surface area contributed by atoms with Gasteiger partial charge in [0.2, 0.25) is 5.91 Å². The van der Waals surface area contributed by atoms with Crippen LogP contribution in [0.3, 0.4) is 0 Å². The number of halogens is 1. The van der Waals surface area contributed by atoms with Crippen LogP contribution in [0.1, 0.15) is 89.0 Å². The van der Waals surface area contributed by atoms with Crippen LogP contribution in [0.4, 0.5) is 0 Å². The van der Waals surface area contributed by atoms with E-state index in [1.807, 2.05) is 172 Å². The molecule has 0 radical (unpaired) electrons. The number of carbonyl (C=O) groups excluding carboxylic acids is 5. The SMILES string of the molecule is CC(=O)N(CCCO)CC1=Cc2cccc3cccc(c23)C1=O.COc1cc(CO)ccc1OCC1=Cc2cccc3cccc(c23)C1=O.C[N+](C)(CCO)CC1=Cc2cccc3cccc(c23)C1=O.O=C1C=C(OCCCO)c2cccc3cccc1c23.[Cl-]. The second-order valence-corrected chi connectivity index (χ2v) is 22.7. The maximum Gasteiger partial charge on any atom is 0.219 e. The van der Waals surface area contributed by atoms with E-state index in [0.29, 0.717) is 83.1 Å². The zero-order chi connectivity index (χ0) is 62.8. The first-order chi connectivity index (χ1) is 43.1. The summed E-state index contributed by atoms with van der Waals surface area (Å²) in [5.41, 5.74) is 9.80. The fraction of sp³-hybridized carbons (Fsp3) is 0.213. The Bertz CT molecular complexity index is 4350. The highest BCUT2D eigenvalue weighted by Gasteiger charge is 2.29. The van der Waals surface area contributed by atoms with Crippen molar-refractivity contribution in [2.24, 2.45) is 0 Å². The number of aliphatic hydroxyl groups is 4. The summed E-state index contributed by atoms with van der Waals surface area (Å²) in [6.45, 7) is 4.21. The van der Waals surface area contributed by atoms with E-state index in [0.717, 1.165) is 87.6 Å². The number of allylic oxidation sites excluding steroid dienone is 1. The predicted molar refractivity (Wildman–Crippen MR) is 350 cm³/mol. The fourth-order valence-electron chi connectivity index (χ4n) is 11.8. The molecule has 9 aromatic carbocycles. The first kappa shape index (κ1) is 65.1. The zero-order valence-corrected chi connectivity index (χ0v) is 51.5. The summed E-state index contributed by atoms with van der Waals surface area (Å²) in [6.07, 6.45) is 8.39. The van der Waals surface area contributed by atoms with Crippen LogP contribution in [0.5, 0.6) is 11.5 Å². The molecule has 1 amide bonds. The summed E-state index contributed by atoms with van der Waals surface area (Å²) in [5.74, 6) is 1.63. The van der Waals surface area contributed by atoms with Crippen LogP contribution >= 0.6 is 0 Å². The van der Waals surface area contributed by atoms with Crippen molar-refractivity contribution >= 4 is 96.1 Å². The number of hydrogen-bond donors (Lipinski definition) is 4. The molecule has 4 aliphatic carbocycles. The number of Topliss-reactive ketones (excluding diaryl/α,β-unsaturated/α-hetero) is 3. The predicted octanol–water partition coefficient (Wildman–Crippen LogP) is 8.92. The van der Waals surface area contributed by atoms with Gasteiger partial charge in [0.15, 0.2) is 34.6 Å². The van der Waals surface area contributed by atoms with E-state index in [1.165, 1.54) is 13.0 Å². The summed E-state index contributed by atoms with van der Waals surface area (Å²) in [4.78, 5) is 63.9. The van der Waals surface area contributed by atoms with Gasteiger partial charge >= 0.3 is 0 Å². The minimum Gasteiger partial charge on any atom is -1.00 e. The summed E-state index contributed by atoms with van der Waals surface area (Å²) in [5, 5.41) is 44.4. The highest BCUT2D eigenvalue weighted by molar-refractivity contribution is 6.25. The molecule has 0 bridgehead atoms. The molecule has 90 heavy (non-hydrogen) atoms. The Balaban J connectivity index is 0.000000143. The number of amides is 1. The van der Waals surface area contributed by atoms with Gasteiger partial charge < -0.3 is 56.4 Å². The Kier molecular flexibility index (Phi) is 21.2. The van der Waals surface area contributed by atoms with Crippen molar-refractivity contribution in [2.75, 3.05) is 80.4 Å². The third-order valence-corrected chi connectivity index (χ3v) is 16.2. The Morgan fingerprint density at radius 3 is 1.47 bits per heavy atom. The lowest BCUT2D eigenvalue weighted by Gasteiger charge is -2.30. The minimum absolute atomic E-state index is 0. The Hall–Kier alpha value is -9.38. The summed E-state index contributed by atoms with van der Waals surface area (Å²) >= 11 is 0. The second-order valence-electron chi connectivity index (χ2n) is 22.7. The highest BCUT2D eigenvalue weighted by atomic mass is 35.5.